The molecular weight excluding hydrogens is 278 g/mol. The van der Waals surface area contributed by atoms with Crippen LogP contribution < -0.4 is 5.32 Å². The van der Waals surface area contributed by atoms with Gasteiger partial charge in [-0.25, -0.2) is 4.98 Å². The Labute approximate surface area is 131 Å². The fraction of sp³-hybridized carbons (Fsp3) is 0.471. The van der Waals surface area contributed by atoms with E-state index in [9.17, 15) is 0 Å². The highest BCUT2D eigenvalue weighted by molar-refractivity contribution is 5.22. The normalized spacial score (nSPS) is 16.0. The Morgan fingerprint density at radius 3 is 2.64 bits per heavy atom. The summed E-state index contributed by atoms with van der Waals surface area (Å²) in [7, 11) is 0. The molecule has 1 aromatic heterocycles. The van der Waals surface area contributed by atoms with Gasteiger partial charge in [-0.3, -0.25) is 0 Å². The van der Waals surface area contributed by atoms with Crippen LogP contribution in [0.5, 0.6) is 0 Å². The maximum absolute atomic E-state index is 5.93. The monoisotopic (exact) mass is 301 g/mol. The molecule has 0 spiro atoms. The van der Waals surface area contributed by atoms with E-state index in [0.29, 0.717) is 12.7 Å². The van der Waals surface area contributed by atoms with Gasteiger partial charge in [0, 0.05) is 38.2 Å². The number of hydrogen-bond acceptors (Lipinski definition) is 4. The molecule has 2 heterocycles. The number of hydrogen-bond donors (Lipinski definition) is 2. The van der Waals surface area contributed by atoms with Crippen LogP contribution in [0, 0.1) is 0 Å². The second kappa shape index (κ2) is 8.08. The van der Waals surface area contributed by atoms with Gasteiger partial charge in [0.1, 0.15) is 0 Å². The van der Waals surface area contributed by atoms with Gasteiger partial charge in [-0.05, 0) is 24.0 Å². The van der Waals surface area contributed by atoms with E-state index in [1.165, 1.54) is 11.1 Å². The molecule has 0 unspecified atom stereocenters. The Balaban J connectivity index is 1.39. The first kappa shape index (κ1) is 15.2. The van der Waals surface area contributed by atoms with Gasteiger partial charge in [0.15, 0.2) is 0 Å². The third-order valence-electron chi connectivity index (χ3n) is 3.88. The minimum Gasteiger partial charge on any atom is -0.381 e. The van der Waals surface area contributed by atoms with E-state index < -0.39 is 0 Å². The van der Waals surface area contributed by atoms with Crippen molar-refractivity contribution in [2.75, 3.05) is 13.2 Å². The van der Waals surface area contributed by atoms with Crippen molar-refractivity contribution in [3.63, 3.8) is 0 Å². The molecule has 118 valence electrons. The first-order chi connectivity index (χ1) is 10.9. The number of ether oxygens (including phenoxy) is 2. The average Bonchev–Trinajstić information content (AvgIpc) is 3.08. The highest BCUT2D eigenvalue weighted by Gasteiger charge is 2.13. The van der Waals surface area contributed by atoms with Gasteiger partial charge in [-0.15, -0.1) is 0 Å². The Morgan fingerprint density at radius 1 is 1.14 bits per heavy atom. The molecule has 0 aliphatic carbocycles. The largest absolute Gasteiger partial charge is 0.381 e. The first-order valence-electron chi connectivity index (χ1n) is 7.85. The Morgan fingerprint density at radius 2 is 1.91 bits per heavy atom. The highest BCUT2D eigenvalue weighted by atomic mass is 16.5. The van der Waals surface area contributed by atoms with Crippen molar-refractivity contribution in [1.82, 2.24) is 15.3 Å². The van der Waals surface area contributed by atoms with Crippen LogP contribution in [0.1, 0.15) is 29.7 Å². The molecule has 22 heavy (non-hydrogen) atoms. The van der Waals surface area contributed by atoms with E-state index in [1.807, 2.05) is 6.20 Å². The number of H-pyrrole nitrogens is 1. The number of nitrogens with one attached hydrogen (secondary N) is 2. The molecule has 5 heteroatoms. The standard InChI is InChI=1S/C17H23N3O2/c1-3-15(12-22-17-5-7-21-8-6-17)4-2-14(1)9-18-10-16-11-19-13-20-16/h1-4,11,13,17-18H,5-10,12H2,(H,19,20). The number of benzene rings is 1. The zero-order valence-electron chi connectivity index (χ0n) is 12.8. The van der Waals surface area contributed by atoms with Crippen LogP contribution in [0.4, 0.5) is 0 Å². The molecule has 2 N–H and O–H groups in total. The van der Waals surface area contributed by atoms with Crippen molar-refractivity contribution in [2.24, 2.45) is 0 Å². The van der Waals surface area contributed by atoms with Crippen LogP contribution >= 0.6 is 0 Å². The second-order valence-corrected chi connectivity index (χ2v) is 5.62. The maximum atomic E-state index is 5.93. The minimum atomic E-state index is 0.351. The molecule has 1 aromatic carbocycles. The lowest BCUT2D eigenvalue weighted by Crippen LogP contribution is -2.23. The SMILES string of the molecule is c1ncc(CNCc2ccc(COC3CCOCC3)cc2)[nH]1. The second-order valence-electron chi connectivity index (χ2n) is 5.62. The molecule has 0 atom stereocenters. The Bertz CT molecular complexity index is 534. The average molecular weight is 301 g/mol. The predicted octanol–water partition coefficient (Wildman–Crippen LogP) is 2.40. The van der Waals surface area contributed by atoms with Gasteiger partial charge in [0.2, 0.25) is 0 Å². The number of aromatic nitrogens is 2. The topological polar surface area (TPSA) is 59.2 Å². The van der Waals surface area contributed by atoms with E-state index in [1.54, 1.807) is 6.33 Å². The minimum absolute atomic E-state index is 0.351. The lowest BCUT2D eigenvalue weighted by molar-refractivity contribution is -0.0390. The zero-order valence-corrected chi connectivity index (χ0v) is 12.8. The molecule has 1 aliphatic rings. The molecule has 0 amide bonds. The van der Waals surface area contributed by atoms with E-state index in [0.717, 1.165) is 44.8 Å². The predicted molar refractivity (Wildman–Crippen MR) is 84.2 cm³/mol. The number of imidazole rings is 1. The Hall–Kier alpha value is -1.69. The molecule has 0 radical (unpaired) electrons. The summed E-state index contributed by atoms with van der Waals surface area (Å²) < 4.78 is 11.3. The highest BCUT2D eigenvalue weighted by Crippen LogP contribution is 2.14. The molecule has 2 aromatic rings. The van der Waals surface area contributed by atoms with Gasteiger partial charge in [0.05, 0.1) is 19.0 Å². The lowest BCUT2D eigenvalue weighted by atomic mass is 10.1. The quantitative estimate of drug-likeness (QED) is 0.824. The summed E-state index contributed by atoms with van der Waals surface area (Å²) >= 11 is 0. The van der Waals surface area contributed by atoms with Crippen molar-refractivity contribution in [2.45, 2.75) is 38.6 Å². The molecule has 3 rings (SSSR count). The van der Waals surface area contributed by atoms with Crippen LogP contribution in [-0.4, -0.2) is 29.3 Å². The van der Waals surface area contributed by atoms with Crippen molar-refractivity contribution in [3.8, 4) is 0 Å². The van der Waals surface area contributed by atoms with E-state index >= 15 is 0 Å². The summed E-state index contributed by atoms with van der Waals surface area (Å²) in [5.74, 6) is 0. The van der Waals surface area contributed by atoms with Crippen LogP contribution in [0.25, 0.3) is 0 Å². The van der Waals surface area contributed by atoms with Gasteiger partial charge in [-0.1, -0.05) is 24.3 Å². The van der Waals surface area contributed by atoms with Gasteiger partial charge >= 0.3 is 0 Å². The molecule has 5 nitrogen and oxygen atoms in total. The van der Waals surface area contributed by atoms with E-state index in [-0.39, 0.29) is 0 Å². The van der Waals surface area contributed by atoms with E-state index in [2.05, 4.69) is 39.6 Å². The molecule has 1 aliphatic heterocycles. The summed E-state index contributed by atoms with van der Waals surface area (Å²) in [6.45, 7) is 3.98. The van der Waals surface area contributed by atoms with Crippen molar-refractivity contribution < 1.29 is 9.47 Å². The number of nitrogens with zero attached hydrogens (tertiary/aromatic N) is 1. The molecule has 0 saturated carbocycles. The summed E-state index contributed by atoms with van der Waals surface area (Å²) in [5, 5.41) is 3.39. The summed E-state index contributed by atoms with van der Waals surface area (Å²) in [4.78, 5) is 7.08. The number of aromatic amines is 1. The van der Waals surface area contributed by atoms with Crippen LogP contribution in [-0.2, 0) is 29.2 Å². The Kier molecular flexibility index (Phi) is 5.59. The summed E-state index contributed by atoms with van der Waals surface area (Å²) in [6.07, 6.45) is 5.91. The van der Waals surface area contributed by atoms with Gasteiger partial charge < -0.3 is 19.8 Å². The summed E-state index contributed by atoms with van der Waals surface area (Å²) in [6, 6.07) is 8.60. The summed E-state index contributed by atoms with van der Waals surface area (Å²) in [5.41, 5.74) is 3.60. The zero-order chi connectivity index (χ0) is 15.0. The molecule has 1 fully saturated rings. The third kappa shape index (κ3) is 4.66. The molecular formula is C17H23N3O2. The first-order valence-corrected chi connectivity index (χ1v) is 7.85. The third-order valence-corrected chi connectivity index (χ3v) is 3.88. The van der Waals surface area contributed by atoms with Crippen LogP contribution in [0.2, 0.25) is 0 Å². The van der Waals surface area contributed by atoms with Crippen molar-refractivity contribution in [1.29, 1.82) is 0 Å². The van der Waals surface area contributed by atoms with Crippen LogP contribution in [0.3, 0.4) is 0 Å². The fourth-order valence-corrected chi connectivity index (χ4v) is 2.53. The molecule has 1 saturated heterocycles. The van der Waals surface area contributed by atoms with Gasteiger partial charge in [-0.2, -0.15) is 0 Å². The maximum Gasteiger partial charge on any atom is 0.0922 e. The lowest BCUT2D eigenvalue weighted by Gasteiger charge is -2.22. The smallest absolute Gasteiger partial charge is 0.0922 e. The van der Waals surface area contributed by atoms with Gasteiger partial charge in [0.25, 0.3) is 0 Å². The number of rotatable bonds is 7. The van der Waals surface area contributed by atoms with Crippen LogP contribution in [0.15, 0.2) is 36.8 Å². The van der Waals surface area contributed by atoms with E-state index in [4.69, 9.17) is 9.47 Å². The fourth-order valence-electron chi connectivity index (χ4n) is 2.53. The van der Waals surface area contributed by atoms with Crippen molar-refractivity contribution in [3.05, 3.63) is 53.6 Å². The van der Waals surface area contributed by atoms with Crippen molar-refractivity contribution >= 4 is 0 Å². The molecule has 0 bridgehead atoms.